The molecular weight excluding hydrogens is 425 g/mol. The maximum atomic E-state index is 10.4. The lowest BCUT2D eigenvalue weighted by Crippen LogP contribution is -2.17. The quantitative estimate of drug-likeness (QED) is 0.443. The lowest BCUT2D eigenvalue weighted by atomic mass is 10.1. The summed E-state index contributed by atoms with van der Waals surface area (Å²) in [5, 5.41) is 6.77. The summed E-state index contributed by atoms with van der Waals surface area (Å²) in [5.41, 5.74) is 2.55. The number of carbonyl (C=O) groups excluding carboxylic acids is 2. The molecule has 0 bridgehead atoms. The van der Waals surface area contributed by atoms with Crippen LogP contribution in [0.15, 0.2) is 42.6 Å². The van der Waals surface area contributed by atoms with Crippen LogP contribution in [-0.2, 0) is 16.0 Å². The number of benzene rings is 1. The molecule has 1 aromatic heterocycles. The number of carbonyl (C=O) groups is 2. The van der Waals surface area contributed by atoms with Gasteiger partial charge in [0.25, 0.3) is 0 Å². The van der Waals surface area contributed by atoms with E-state index in [1.54, 1.807) is 12.1 Å². The number of halogens is 2. The first-order valence-electron chi connectivity index (χ1n) is 9.46. The van der Waals surface area contributed by atoms with Crippen molar-refractivity contribution in [3.8, 4) is 5.88 Å². The van der Waals surface area contributed by atoms with E-state index < -0.39 is 6.10 Å². The normalized spacial score (nSPS) is 9.83. The summed E-state index contributed by atoms with van der Waals surface area (Å²) in [6.07, 6.45) is 5.77. The van der Waals surface area contributed by atoms with E-state index in [1.807, 2.05) is 21.0 Å². The van der Waals surface area contributed by atoms with Gasteiger partial charge in [-0.25, -0.2) is 4.98 Å². The number of anilines is 1. The van der Waals surface area contributed by atoms with E-state index in [0.29, 0.717) is 17.3 Å². The second kappa shape index (κ2) is 21.6. The topological polar surface area (TPSA) is 80.3 Å². The standard InChI is InChI=1S/C10H16N2.C9H10ClNO2.C2H4O.CH3Cl/c1-11-8-7-9-3-5-10(12-2)6-4-9;1-2-8(6-12)13-9-4-3-7(10)5-11-9;1-2-3;1-2/h3-6,11-12H,7-8H2,1-2H3;3-6,8H,2H2,1H3;2H,1H3;1H3. The highest BCUT2D eigenvalue weighted by molar-refractivity contribution is 6.30. The molecular formula is C22H33Cl2N3O3. The summed E-state index contributed by atoms with van der Waals surface area (Å²) in [6.45, 7) is 4.36. The summed E-state index contributed by atoms with van der Waals surface area (Å²) in [7, 11) is 3.91. The molecule has 2 N–H and O–H groups in total. The van der Waals surface area contributed by atoms with Crippen molar-refractivity contribution in [2.45, 2.75) is 32.8 Å². The van der Waals surface area contributed by atoms with Crippen LogP contribution in [0.3, 0.4) is 0 Å². The Bertz CT molecular complexity index is 654. The summed E-state index contributed by atoms with van der Waals surface area (Å²) in [6, 6.07) is 11.8. The number of hydrogen-bond acceptors (Lipinski definition) is 6. The Balaban J connectivity index is 0. The van der Waals surface area contributed by atoms with Crippen molar-refractivity contribution in [3.63, 3.8) is 0 Å². The number of likely N-dealkylation sites (N-methyl/N-ethyl adjacent to an activating group) is 1. The monoisotopic (exact) mass is 457 g/mol. The van der Waals surface area contributed by atoms with Crippen LogP contribution in [0.5, 0.6) is 5.88 Å². The molecule has 168 valence electrons. The van der Waals surface area contributed by atoms with Gasteiger partial charge in [-0.05, 0) is 57.1 Å². The first kappa shape index (κ1) is 30.0. The van der Waals surface area contributed by atoms with Crippen molar-refractivity contribution in [2.75, 3.05) is 32.3 Å². The zero-order chi connectivity index (χ0) is 23.2. The number of pyridine rings is 1. The molecule has 0 aliphatic carbocycles. The van der Waals surface area contributed by atoms with Gasteiger partial charge < -0.3 is 20.2 Å². The van der Waals surface area contributed by atoms with Crippen molar-refractivity contribution in [3.05, 3.63) is 53.2 Å². The highest BCUT2D eigenvalue weighted by atomic mass is 35.5. The number of nitrogens with zero attached hydrogens (tertiary/aromatic N) is 1. The highest BCUT2D eigenvalue weighted by Gasteiger charge is 2.06. The van der Waals surface area contributed by atoms with Crippen LogP contribution in [0.1, 0.15) is 25.8 Å². The van der Waals surface area contributed by atoms with Gasteiger partial charge in [0.15, 0.2) is 12.4 Å². The fraction of sp³-hybridized carbons (Fsp3) is 0.409. The van der Waals surface area contributed by atoms with Gasteiger partial charge in [-0.2, -0.15) is 0 Å². The Morgan fingerprint density at radius 2 is 1.70 bits per heavy atom. The van der Waals surface area contributed by atoms with Gasteiger partial charge in [0.2, 0.25) is 5.88 Å². The third-order valence-electron chi connectivity index (χ3n) is 3.43. The minimum atomic E-state index is -0.423. The van der Waals surface area contributed by atoms with Crippen molar-refractivity contribution in [2.24, 2.45) is 0 Å². The van der Waals surface area contributed by atoms with E-state index in [-0.39, 0.29) is 0 Å². The smallest absolute Gasteiger partial charge is 0.213 e. The molecule has 1 atom stereocenters. The van der Waals surface area contributed by atoms with E-state index in [2.05, 4.69) is 51.5 Å². The van der Waals surface area contributed by atoms with Gasteiger partial charge in [-0.3, -0.25) is 4.79 Å². The second-order valence-electron chi connectivity index (χ2n) is 5.55. The average molecular weight is 458 g/mol. The van der Waals surface area contributed by atoms with Crippen LogP contribution in [-0.4, -0.2) is 50.7 Å². The Morgan fingerprint density at radius 3 is 2.10 bits per heavy atom. The van der Waals surface area contributed by atoms with Gasteiger partial charge in [0.05, 0.1) is 5.02 Å². The Morgan fingerprint density at radius 1 is 1.10 bits per heavy atom. The van der Waals surface area contributed by atoms with Gasteiger partial charge in [-0.15, -0.1) is 11.6 Å². The van der Waals surface area contributed by atoms with Crippen LogP contribution in [0.2, 0.25) is 5.02 Å². The zero-order valence-corrected chi connectivity index (χ0v) is 19.8. The minimum Gasteiger partial charge on any atom is -0.467 e. The molecule has 2 aromatic rings. The van der Waals surface area contributed by atoms with Crippen molar-refractivity contribution in [1.29, 1.82) is 0 Å². The number of alkyl halides is 1. The maximum Gasteiger partial charge on any atom is 0.213 e. The van der Waals surface area contributed by atoms with E-state index in [1.165, 1.54) is 30.8 Å². The summed E-state index contributed by atoms with van der Waals surface area (Å²) < 4.78 is 5.23. The van der Waals surface area contributed by atoms with E-state index in [9.17, 15) is 4.79 Å². The number of ether oxygens (including phenoxy) is 1. The Kier molecular flexibility index (Phi) is 21.6. The van der Waals surface area contributed by atoms with Crippen LogP contribution in [0.25, 0.3) is 0 Å². The number of hydrogen-bond donors (Lipinski definition) is 2. The molecule has 6 nitrogen and oxygen atoms in total. The second-order valence-corrected chi connectivity index (χ2v) is 5.99. The molecule has 0 aliphatic heterocycles. The SMILES string of the molecule is CC=O.CCC(C=O)Oc1ccc(Cl)cn1.CCl.CNCCc1ccc(NC)cc1. The number of rotatable bonds is 8. The van der Waals surface area contributed by atoms with Gasteiger partial charge in [0.1, 0.15) is 6.29 Å². The molecule has 8 heteroatoms. The van der Waals surface area contributed by atoms with Crippen LogP contribution >= 0.6 is 23.2 Å². The first-order chi connectivity index (χ1) is 14.5. The van der Waals surface area contributed by atoms with E-state index in [4.69, 9.17) is 21.1 Å². The van der Waals surface area contributed by atoms with Crippen LogP contribution in [0.4, 0.5) is 5.69 Å². The third-order valence-corrected chi connectivity index (χ3v) is 3.66. The fourth-order valence-electron chi connectivity index (χ4n) is 1.90. The fourth-order valence-corrected chi connectivity index (χ4v) is 2.01. The Labute approximate surface area is 190 Å². The molecule has 0 saturated carbocycles. The molecule has 0 spiro atoms. The van der Waals surface area contributed by atoms with Crippen LogP contribution < -0.4 is 15.4 Å². The maximum absolute atomic E-state index is 10.4. The predicted octanol–water partition coefficient (Wildman–Crippen LogP) is 4.64. The van der Waals surface area contributed by atoms with Gasteiger partial charge in [-0.1, -0.05) is 30.7 Å². The van der Waals surface area contributed by atoms with E-state index >= 15 is 0 Å². The molecule has 30 heavy (non-hydrogen) atoms. The first-order valence-corrected chi connectivity index (χ1v) is 10.6. The molecule has 0 fully saturated rings. The van der Waals surface area contributed by atoms with Crippen molar-refractivity contribution in [1.82, 2.24) is 10.3 Å². The molecule has 1 heterocycles. The van der Waals surface area contributed by atoms with Gasteiger partial charge in [0, 0.05) is 31.4 Å². The van der Waals surface area contributed by atoms with Crippen molar-refractivity contribution >= 4 is 41.5 Å². The lowest BCUT2D eigenvalue weighted by molar-refractivity contribution is -0.113. The van der Waals surface area contributed by atoms with E-state index in [0.717, 1.165) is 25.5 Å². The predicted molar refractivity (Wildman–Crippen MR) is 127 cm³/mol. The molecule has 0 saturated heterocycles. The number of nitrogens with one attached hydrogen (secondary N) is 2. The summed E-state index contributed by atoms with van der Waals surface area (Å²) in [5.74, 6) is 0.420. The van der Waals surface area contributed by atoms with Crippen molar-refractivity contribution < 1.29 is 14.3 Å². The highest BCUT2D eigenvalue weighted by Crippen LogP contribution is 2.13. The number of aromatic nitrogens is 1. The summed E-state index contributed by atoms with van der Waals surface area (Å²) in [4.78, 5) is 23.1. The molecule has 0 amide bonds. The molecule has 1 aromatic carbocycles. The lowest BCUT2D eigenvalue weighted by Gasteiger charge is -2.09. The molecule has 1 unspecified atom stereocenters. The zero-order valence-electron chi connectivity index (χ0n) is 18.3. The minimum absolute atomic E-state index is 0.420. The molecule has 2 rings (SSSR count). The number of aldehydes is 2. The van der Waals surface area contributed by atoms with Gasteiger partial charge >= 0.3 is 0 Å². The Hall–Kier alpha value is -2.15. The van der Waals surface area contributed by atoms with Crippen LogP contribution in [0, 0.1) is 0 Å². The molecule has 0 aliphatic rings. The average Bonchev–Trinajstić information content (AvgIpc) is 2.80. The summed E-state index contributed by atoms with van der Waals surface area (Å²) >= 11 is 10.3. The third kappa shape index (κ3) is 15.7. The molecule has 0 radical (unpaired) electrons. The largest absolute Gasteiger partial charge is 0.467 e.